The molecule has 0 saturated carbocycles. The van der Waals surface area contributed by atoms with Gasteiger partial charge in [0.2, 0.25) is 5.11 Å². The molecule has 0 aliphatic rings. The van der Waals surface area contributed by atoms with E-state index in [1.807, 2.05) is 37.2 Å². The lowest BCUT2D eigenvalue weighted by Gasteiger charge is -2.16. The average Bonchev–Trinajstić information content (AvgIpc) is 2.74. The third-order valence-electron chi connectivity index (χ3n) is 4.25. The van der Waals surface area contributed by atoms with Crippen LogP contribution in [0.15, 0.2) is 51.5 Å². The Hall–Kier alpha value is -2.83. The van der Waals surface area contributed by atoms with Crippen LogP contribution in [0, 0.1) is 0 Å². The molecule has 12 heteroatoms. The fourth-order valence-electron chi connectivity index (χ4n) is 2.49. The SMILES string of the molecule is CNC(=S)N/N=C(C)/C(C)=N\NC(=S)NS(=O)(=O)c1ccc2c(N(C)C)cccc2c1. The minimum Gasteiger partial charge on any atom is -0.377 e. The number of hydrogen-bond donors (Lipinski definition) is 4. The first kappa shape index (κ1) is 24.4. The van der Waals surface area contributed by atoms with E-state index in [1.165, 1.54) is 0 Å². The molecule has 166 valence electrons. The lowest BCUT2D eigenvalue weighted by Crippen LogP contribution is -2.37. The molecule has 0 aliphatic heterocycles. The van der Waals surface area contributed by atoms with Crippen LogP contribution < -0.4 is 25.8 Å². The van der Waals surface area contributed by atoms with Gasteiger partial charge >= 0.3 is 0 Å². The molecule has 0 aliphatic carbocycles. The van der Waals surface area contributed by atoms with Crippen molar-refractivity contribution >= 4 is 72.6 Å². The summed E-state index contributed by atoms with van der Waals surface area (Å²) in [5.41, 5.74) is 7.19. The van der Waals surface area contributed by atoms with Gasteiger partial charge in [0.25, 0.3) is 10.0 Å². The maximum atomic E-state index is 12.7. The van der Waals surface area contributed by atoms with Crippen LogP contribution in [-0.2, 0) is 10.0 Å². The normalized spacial score (nSPS) is 12.3. The summed E-state index contributed by atoms with van der Waals surface area (Å²) in [6.07, 6.45) is 0. The van der Waals surface area contributed by atoms with E-state index in [2.05, 4.69) is 31.1 Å². The molecule has 4 N–H and O–H groups in total. The van der Waals surface area contributed by atoms with Crippen LogP contribution in [-0.4, -0.2) is 51.2 Å². The minimum absolute atomic E-state index is 0.100. The van der Waals surface area contributed by atoms with E-state index in [1.54, 1.807) is 39.1 Å². The van der Waals surface area contributed by atoms with Crippen molar-refractivity contribution < 1.29 is 8.42 Å². The van der Waals surface area contributed by atoms with Crippen molar-refractivity contribution in [1.29, 1.82) is 0 Å². The van der Waals surface area contributed by atoms with Crippen molar-refractivity contribution in [3.8, 4) is 0 Å². The van der Waals surface area contributed by atoms with E-state index in [4.69, 9.17) is 24.4 Å². The summed E-state index contributed by atoms with van der Waals surface area (Å²) in [4.78, 5) is 2.07. The molecule has 0 radical (unpaired) electrons. The van der Waals surface area contributed by atoms with E-state index in [0.717, 1.165) is 16.5 Å². The Morgan fingerprint density at radius 3 is 2.16 bits per heavy atom. The molecule has 0 heterocycles. The van der Waals surface area contributed by atoms with Crippen LogP contribution in [0.4, 0.5) is 5.69 Å². The molecule has 9 nitrogen and oxygen atoms in total. The van der Waals surface area contributed by atoms with Crippen LogP contribution in [0.5, 0.6) is 0 Å². The number of hydrazone groups is 2. The minimum atomic E-state index is -3.88. The van der Waals surface area contributed by atoms with Gasteiger partial charge in [-0.3, -0.25) is 15.6 Å². The number of thiocarbonyl (C=S) groups is 2. The van der Waals surface area contributed by atoms with Crippen molar-refractivity contribution in [1.82, 2.24) is 20.9 Å². The van der Waals surface area contributed by atoms with E-state index < -0.39 is 10.0 Å². The number of benzene rings is 2. The summed E-state index contributed by atoms with van der Waals surface area (Å²) < 4.78 is 27.8. The molecule has 0 spiro atoms. The van der Waals surface area contributed by atoms with Gasteiger partial charge in [-0.05, 0) is 61.9 Å². The van der Waals surface area contributed by atoms with Crippen molar-refractivity contribution in [3.63, 3.8) is 0 Å². The van der Waals surface area contributed by atoms with E-state index in [0.29, 0.717) is 16.5 Å². The second-order valence-electron chi connectivity index (χ2n) is 6.69. The van der Waals surface area contributed by atoms with E-state index >= 15 is 0 Å². The van der Waals surface area contributed by atoms with Gasteiger partial charge in [-0.15, -0.1) is 0 Å². The number of anilines is 1. The molecule has 0 atom stereocenters. The standard InChI is InChI=1S/C19H25N7O2S3/c1-12(21-23-18(29)20-3)13(2)22-24-19(30)25-31(27,28)15-9-10-16-14(11-15)7-6-8-17(16)26(4)5/h6-11H,1-5H3,(H2,20,23,29)(H2,24,25,30)/b21-12+,22-13-. The van der Waals surface area contributed by atoms with Crippen molar-refractivity contribution in [2.75, 3.05) is 26.0 Å². The Bertz CT molecular complexity index is 1160. The molecular formula is C19H25N7O2S3. The largest absolute Gasteiger partial charge is 0.377 e. The number of sulfonamides is 1. The molecule has 2 rings (SSSR count). The number of fused-ring (bicyclic) bond motifs is 1. The zero-order valence-electron chi connectivity index (χ0n) is 17.8. The molecule has 2 aromatic carbocycles. The van der Waals surface area contributed by atoms with Gasteiger partial charge in [0.15, 0.2) is 5.11 Å². The Kier molecular flexibility index (Phi) is 8.25. The predicted octanol–water partition coefficient (Wildman–Crippen LogP) is 1.90. The van der Waals surface area contributed by atoms with Crippen LogP contribution in [0.2, 0.25) is 0 Å². The van der Waals surface area contributed by atoms with Crippen LogP contribution in [0.3, 0.4) is 0 Å². The first-order valence-electron chi connectivity index (χ1n) is 9.14. The van der Waals surface area contributed by atoms with Crippen LogP contribution >= 0.6 is 24.4 Å². The van der Waals surface area contributed by atoms with E-state index in [-0.39, 0.29) is 10.0 Å². The van der Waals surface area contributed by atoms with Crippen molar-refractivity contribution in [2.24, 2.45) is 10.2 Å². The topological polar surface area (TPSA) is 110 Å². The smallest absolute Gasteiger partial charge is 0.263 e. The van der Waals surface area contributed by atoms with Gasteiger partial charge in [0, 0.05) is 32.2 Å². The zero-order chi connectivity index (χ0) is 23.2. The third-order valence-corrected chi connectivity index (χ3v) is 6.21. The molecule has 0 amide bonds. The Morgan fingerprint density at radius 2 is 1.58 bits per heavy atom. The maximum Gasteiger partial charge on any atom is 0.263 e. The second kappa shape index (κ2) is 10.5. The first-order valence-corrected chi connectivity index (χ1v) is 11.4. The van der Waals surface area contributed by atoms with Crippen molar-refractivity contribution in [2.45, 2.75) is 18.7 Å². The summed E-state index contributed by atoms with van der Waals surface area (Å²) in [5, 5.41) is 12.8. The Morgan fingerprint density at radius 1 is 0.968 bits per heavy atom. The molecule has 0 bridgehead atoms. The lowest BCUT2D eigenvalue weighted by atomic mass is 10.1. The van der Waals surface area contributed by atoms with Crippen LogP contribution in [0.1, 0.15) is 13.8 Å². The van der Waals surface area contributed by atoms with Gasteiger partial charge in [-0.25, -0.2) is 8.42 Å². The highest BCUT2D eigenvalue weighted by Crippen LogP contribution is 2.27. The zero-order valence-corrected chi connectivity index (χ0v) is 20.3. The molecule has 0 aromatic heterocycles. The maximum absolute atomic E-state index is 12.7. The lowest BCUT2D eigenvalue weighted by molar-refractivity contribution is 0.592. The predicted molar refractivity (Wildman–Crippen MR) is 135 cm³/mol. The second-order valence-corrected chi connectivity index (χ2v) is 9.19. The third kappa shape index (κ3) is 6.57. The highest BCUT2D eigenvalue weighted by molar-refractivity contribution is 7.91. The molecule has 2 aromatic rings. The van der Waals surface area contributed by atoms with Gasteiger partial charge < -0.3 is 10.2 Å². The number of nitrogens with zero attached hydrogens (tertiary/aromatic N) is 3. The number of nitrogens with one attached hydrogen (secondary N) is 4. The fourth-order valence-corrected chi connectivity index (χ4v) is 3.85. The monoisotopic (exact) mass is 479 g/mol. The average molecular weight is 480 g/mol. The van der Waals surface area contributed by atoms with Crippen molar-refractivity contribution in [3.05, 3.63) is 36.4 Å². The summed E-state index contributed by atoms with van der Waals surface area (Å²) >= 11 is 10.0. The molecular weight excluding hydrogens is 454 g/mol. The number of rotatable bonds is 6. The number of hydrogen-bond acceptors (Lipinski definition) is 7. The highest BCUT2D eigenvalue weighted by atomic mass is 32.2. The molecule has 0 unspecified atom stereocenters. The van der Waals surface area contributed by atoms with E-state index in [9.17, 15) is 8.42 Å². The van der Waals surface area contributed by atoms with Gasteiger partial charge in [-0.2, -0.15) is 10.2 Å². The van der Waals surface area contributed by atoms with Gasteiger partial charge in [0.1, 0.15) is 0 Å². The Balaban J connectivity index is 2.13. The molecule has 31 heavy (non-hydrogen) atoms. The summed E-state index contributed by atoms with van der Waals surface area (Å²) in [7, 11) is 1.66. The highest BCUT2D eigenvalue weighted by Gasteiger charge is 2.17. The summed E-state index contributed by atoms with van der Waals surface area (Å²) in [6.45, 7) is 3.41. The van der Waals surface area contributed by atoms with Gasteiger partial charge in [-0.1, -0.05) is 18.2 Å². The summed E-state index contributed by atoms with van der Waals surface area (Å²) in [6, 6.07) is 10.6. The summed E-state index contributed by atoms with van der Waals surface area (Å²) in [5.74, 6) is 0. The molecule has 0 fully saturated rings. The fraction of sp³-hybridized carbons (Fsp3) is 0.263. The van der Waals surface area contributed by atoms with Crippen LogP contribution in [0.25, 0.3) is 10.8 Å². The van der Waals surface area contributed by atoms with Gasteiger partial charge in [0.05, 0.1) is 16.3 Å². The Labute approximate surface area is 193 Å². The quantitative estimate of drug-likeness (QED) is 0.283. The first-order chi connectivity index (χ1) is 14.5. The molecule has 0 saturated heterocycles.